The van der Waals surface area contributed by atoms with Crippen molar-refractivity contribution in [3.8, 4) is 0 Å². The molecule has 2 aliphatic rings. The van der Waals surface area contributed by atoms with Crippen LogP contribution < -0.4 is 10.6 Å². The van der Waals surface area contributed by atoms with Crippen molar-refractivity contribution < 1.29 is 27.5 Å². The first kappa shape index (κ1) is 19.8. The van der Waals surface area contributed by atoms with Crippen molar-refractivity contribution in [1.82, 2.24) is 20.8 Å². The molecule has 1 aromatic rings. The molecular formula is C16H21F3N4O3S. The normalized spacial score (nSPS) is 24.4. The molecule has 3 heterocycles. The summed E-state index contributed by atoms with van der Waals surface area (Å²) in [5.41, 5.74) is -0.922. The maximum absolute atomic E-state index is 12.7. The fraction of sp³-hybridized carbons (Fsp3) is 0.688. The van der Waals surface area contributed by atoms with E-state index in [4.69, 9.17) is 4.74 Å². The molecule has 150 valence electrons. The molecule has 0 radical (unpaired) electrons. The smallest absolute Gasteiger partial charge is 0.433 e. The van der Waals surface area contributed by atoms with Crippen LogP contribution in [0.15, 0.2) is 6.20 Å². The maximum atomic E-state index is 12.7. The number of ether oxygens (including phenoxy) is 1. The number of amides is 2. The van der Waals surface area contributed by atoms with Crippen LogP contribution in [-0.4, -0.2) is 51.9 Å². The molecule has 3 N–H and O–H groups in total. The van der Waals surface area contributed by atoms with Crippen molar-refractivity contribution >= 4 is 23.8 Å². The molecule has 27 heavy (non-hydrogen) atoms. The first-order valence-corrected chi connectivity index (χ1v) is 9.83. The number of alkyl halides is 3. The number of esters is 1. The Balaban J connectivity index is 1.29. The molecule has 2 fully saturated rings. The molecule has 0 saturated carbocycles. The largest absolute Gasteiger partial charge is 0.465 e. The Labute approximate surface area is 158 Å². The molecule has 2 aliphatic heterocycles. The van der Waals surface area contributed by atoms with E-state index in [1.165, 1.54) is 0 Å². The summed E-state index contributed by atoms with van der Waals surface area (Å²) in [5, 5.41) is 11.5. The van der Waals surface area contributed by atoms with Gasteiger partial charge in [0.25, 0.3) is 0 Å². The van der Waals surface area contributed by atoms with Crippen molar-refractivity contribution in [2.45, 2.75) is 55.6 Å². The van der Waals surface area contributed by atoms with Crippen LogP contribution in [-0.2, 0) is 22.1 Å². The zero-order valence-electron chi connectivity index (χ0n) is 14.5. The predicted molar refractivity (Wildman–Crippen MR) is 92.2 cm³/mol. The molecule has 0 aromatic carbocycles. The van der Waals surface area contributed by atoms with Crippen molar-refractivity contribution in [3.05, 3.63) is 17.5 Å². The van der Waals surface area contributed by atoms with E-state index < -0.39 is 17.8 Å². The average molecular weight is 406 g/mol. The van der Waals surface area contributed by atoms with Gasteiger partial charge in [-0.2, -0.15) is 30.0 Å². The Bertz CT molecular complexity index is 682. The first-order valence-electron chi connectivity index (χ1n) is 8.78. The van der Waals surface area contributed by atoms with Gasteiger partial charge >= 0.3 is 18.2 Å². The van der Waals surface area contributed by atoms with E-state index in [0.717, 1.165) is 24.8 Å². The minimum atomic E-state index is -4.50. The lowest BCUT2D eigenvalue weighted by molar-refractivity contribution is -0.143. The van der Waals surface area contributed by atoms with Gasteiger partial charge in [0, 0.05) is 29.4 Å². The predicted octanol–water partition coefficient (Wildman–Crippen LogP) is 2.24. The van der Waals surface area contributed by atoms with Crippen LogP contribution in [0, 0.1) is 0 Å². The lowest BCUT2D eigenvalue weighted by Crippen LogP contribution is -2.36. The number of carbonyl (C=O) groups excluding carboxylic acids is 2. The zero-order chi connectivity index (χ0) is 19.4. The Morgan fingerprint density at radius 1 is 1.33 bits per heavy atom. The number of H-pyrrole nitrogens is 1. The summed E-state index contributed by atoms with van der Waals surface area (Å²) < 4.78 is 43.1. The number of hydrogen-bond donors (Lipinski definition) is 3. The fourth-order valence-corrected chi connectivity index (χ4v) is 4.89. The van der Waals surface area contributed by atoms with Crippen molar-refractivity contribution in [1.29, 1.82) is 0 Å². The molecule has 3 atom stereocenters. The summed E-state index contributed by atoms with van der Waals surface area (Å²) >= 11 is 1.82. The Morgan fingerprint density at radius 2 is 2.15 bits per heavy atom. The molecule has 0 spiro atoms. The number of aromatic amines is 1. The molecule has 2 saturated heterocycles. The number of nitrogens with one attached hydrogen (secondary N) is 3. The molecule has 1 aromatic heterocycles. The van der Waals surface area contributed by atoms with Gasteiger partial charge < -0.3 is 15.4 Å². The number of nitrogens with zero attached hydrogens (tertiary/aromatic N) is 1. The standard InChI is InChI=1S/C16H21F3N4O3S/c17-16(18,19)14-9(7-20-23-14)5-6-26-12(24)4-2-1-3-11-13-10(8-27-11)21-15(25)22-13/h7,10-11,13H,1-6,8H2,(H,20,23)(H2,21,22,25). The Hall–Kier alpha value is -1.91. The second-order valence-corrected chi connectivity index (χ2v) is 7.88. The summed E-state index contributed by atoms with van der Waals surface area (Å²) in [7, 11) is 0. The van der Waals surface area contributed by atoms with Crippen LogP contribution in [0.3, 0.4) is 0 Å². The monoisotopic (exact) mass is 406 g/mol. The van der Waals surface area contributed by atoms with Crippen LogP contribution in [0.2, 0.25) is 0 Å². The van der Waals surface area contributed by atoms with Gasteiger partial charge in [-0.25, -0.2) is 4.79 Å². The van der Waals surface area contributed by atoms with Gasteiger partial charge in [-0.1, -0.05) is 6.42 Å². The summed E-state index contributed by atoms with van der Waals surface area (Å²) in [4.78, 5) is 23.1. The van der Waals surface area contributed by atoms with Crippen molar-refractivity contribution in [2.75, 3.05) is 12.4 Å². The number of hydrogen-bond acceptors (Lipinski definition) is 5. The van der Waals surface area contributed by atoms with E-state index in [9.17, 15) is 22.8 Å². The van der Waals surface area contributed by atoms with Crippen LogP contribution in [0.4, 0.5) is 18.0 Å². The third kappa shape index (κ3) is 5.08. The minimum Gasteiger partial charge on any atom is -0.465 e. The van der Waals surface area contributed by atoms with Gasteiger partial charge in [0.05, 0.1) is 24.9 Å². The Morgan fingerprint density at radius 3 is 2.93 bits per heavy atom. The third-order valence-corrected chi connectivity index (χ3v) is 6.20. The van der Waals surface area contributed by atoms with Gasteiger partial charge in [0.2, 0.25) is 0 Å². The lowest BCUT2D eigenvalue weighted by atomic mass is 10.0. The summed E-state index contributed by atoms with van der Waals surface area (Å²) in [6.07, 6.45) is -0.842. The van der Waals surface area contributed by atoms with Gasteiger partial charge in [0.1, 0.15) is 5.69 Å². The van der Waals surface area contributed by atoms with E-state index in [-0.39, 0.29) is 43.1 Å². The van der Waals surface area contributed by atoms with E-state index >= 15 is 0 Å². The van der Waals surface area contributed by atoms with E-state index in [1.54, 1.807) is 0 Å². The van der Waals surface area contributed by atoms with Gasteiger partial charge in [-0.15, -0.1) is 0 Å². The number of urea groups is 1. The molecule has 0 aliphatic carbocycles. The average Bonchev–Trinajstić information content (AvgIpc) is 3.27. The highest BCUT2D eigenvalue weighted by Gasteiger charge is 2.42. The first-order chi connectivity index (χ1) is 12.8. The van der Waals surface area contributed by atoms with Crippen LogP contribution in [0.1, 0.15) is 36.9 Å². The van der Waals surface area contributed by atoms with E-state index in [0.29, 0.717) is 11.7 Å². The number of thioether (sulfide) groups is 1. The highest BCUT2D eigenvalue weighted by molar-refractivity contribution is 8.00. The highest BCUT2D eigenvalue weighted by Crippen LogP contribution is 2.33. The number of carbonyl (C=O) groups is 2. The Kier molecular flexibility index (Phi) is 6.18. The molecule has 3 unspecified atom stereocenters. The van der Waals surface area contributed by atoms with Crippen LogP contribution in [0.5, 0.6) is 0 Å². The molecule has 0 bridgehead atoms. The second kappa shape index (κ2) is 8.41. The fourth-order valence-electron chi connectivity index (χ4n) is 3.35. The number of fused-ring (bicyclic) bond motifs is 1. The number of aromatic nitrogens is 2. The van der Waals surface area contributed by atoms with Gasteiger partial charge in [0.15, 0.2) is 0 Å². The zero-order valence-corrected chi connectivity index (χ0v) is 15.3. The lowest BCUT2D eigenvalue weighted by Gasteiger charge is -2.16. The second-order valence-electron chi connectivity index (χ2n) is 6.61. The van der Waals surface area contributed by atoms with E-state index in [1.807, 2.05) is 16.9 Å². The molecule has 3 rings (SSSR count). The molecule has 11 heteroatoms. The SMILES string of the molecule is O=C1NC2CSC(CCCCC(=O)OCCc3cn[nH]c3C(F)(F)F)C2N1. The molecule has 2 amide bonds. The van der Waals surface area contributed by atoms with Crippen LogP contribution >= 0.6 is 11.8 Å². The molecular weight excluding hydrogens is 385 g/mol. The third-order valence-electron chi connectivity index (χ3n) is 4.69. The molecule has 7 nitrogen and oxygen atoms in total. The highest BCUT2D eigenvalue weighted by atomic mass is 32.2. The summed E-state index contributed by atoms with van der Waals surface area (Å²) in [6.45, 7) is -0.110. The minimum absolute atomic E-state index is 0.0182. The number of unbranched alkanes of at least 4 members (excludes halogenated alkanes) is 1. The van der Waals surface area contributed by atoms with Crippen molar-refractivity contribution in [3.63, 3.8) is 0 Å². The van der Waals surface area contributed by atoms with Crippen molar-refractivity contribution in [2.24, 2.45) is 0 Å². The quantitative estimate of drug-likeness (QED) is 0.350. The van der Waals surface area contributed by atoms with Crippen LogP contribution in [0.25, 0.3) is 0 Å². The van der Waals surface area contributed by atoms with Gasteiger partial charge in [-0.05, 0) is 12.8 Å². The number of rotatable bonds is 8. The topological polar surface area (TPSA) is 96.1 Å². The van der Waals surface area contributed by atoms with E-state index in [2.05, 4.69) is 15.7 Å². The maximum Gasteiger partial charge on any atom is 0.433 e. The summed E-state index contributed by atoms with van der Waals surface area (Å²) in [5.74, 6) is 0.476. The summed E-state index contributed by atoms with van der Waals surface area (Å²) in [6, 6.07) is 0.208. The van der Waals surface area contributed by atoms with Gasteiger partial charge in [-0.3, -0.25) is 9.89 Å². The number of halogens is 3.